The summed E-state index contributed by atoms with van der Waals surface area (Å²) in [5, 5.41) is 17.5. The molecule has 6 heteroatoms. The summed E-state index contributed by atoms with van der Waals surface area (Å²) in [6.07, 6.45) is 2.47. The van der Waals surface area contributed by atoms with E-state index in [0.717, 1.165) is 36.1 Å². The molecule has 0 aromatic heterocycles. The molecule has 1 fully saturated rings. The summed E-state index contributed by atoms with van der Waals surface area (Å²) in [6, 6.07) is 16.0. The van der Waals surface area contributed by atoms with Crippen molar-refractivity contribution in [2.45, 2.75) is 63.3 Å². The minimum absolute atomic E-state index is 0.0521. The monoisotopic (exact) mass is 438 g/mol. The number of carbonyl (C=O) groups excluding carboxylic acids is 1. The minimum atomic E-state index is -0.726. The smallest absolute Gasteiger partial charge is 0.217 e. The van der Waals surface area contributed by atoms with Gasteiger partial charge >= 0.3 is 0 Å². The van der Waals surface area contributed by atoms with Crippen LogP contribution >= 0.6 is 0 Å². The van der Waals surface area contributed by atoms with E-state index < -0.39 is 6.10 Å². The van der Waals surface area contributed by atoms with Gasteiger partial charge in [0.05, 0.1) is 25.4 Å². The van der Waals surface area contributed by atoms with Gasteiger partial charge in [0.2, 0.25) is 5.91 Å². The summed E-state index contributed by atoms with van der Waals surface area (Å²) >= 11 is 0. The van der Waals surface area contributed by atoms with Crippen molar-refractivity contribution in [2.75, 3.05) is 19.8 Å². The zero-order valence-corrected chi connectivity index (χ0v) is 19.0. The van der Waals surface area contributed by atoms with E-state index in [1.807, 2.05) is 30.3 Å². The largest absolute Gasteiger partial charge is 0.484 e. The van der Waals surface area contributed by atoms with Crippen molar-refractivity contribution < 1.29 is 19.4 Å². The molecule has 3 N–H and O–H groups in total. The Balaban J connectivity index is 1.49. The Morgan fingerprint density at radius 2 is 2.03 bits per heavy atom. The van der Waals surface area contributed by atoms with Crippen molar-refractivity contribution >= 4 is 5.91 Å². The molecule has 0 unspecified atom stereocenters. The lowest BCUT2D eigenvalue weighted by atomic mass is 9.85. The quantitative estimate of drug-likeness (QED) is 0.591. The van der Waals surface area contributed by atoms with Gasteiger partial charge in [0.1, 0.15) is 11.4 Å². The fourth-order valence-corrected chi connectivity index (χ4v) is 4.77. The van der Waals surface area contributed by atoms with Crippen molar-refractivity contribution in [1.29, 1.82) is 0 Å². The summed E-state index contributed by atoms with van der Waals surface area (Å²) in [4.78, 5) is 11.8. The van der Waals surface area contributed by atoms with Gasteiger partial charge < -0.3 is 25.2 Å². The third kappa shape index (κ3) is 5.31. The summed E-state index contributed by atoms with van der Waals surface area (Å²) in [7, 11) is 0. The second-order valence-electron chi connectivity index (χ2n) is 9.04. The first-order valence-corrected chi connectivity index (χ1v) is 11.6. The molecule has 1 amide bonds. The Labute approximate surface area is 190 Å². The van der Waals surface area contributed by atoms with Crippen LogP contribution in [-0.4, -0.2) is 48.5 Å². The second-order valence-corrected chi connectivity index (χ2v) is 9.04. The minimum Gasteiger partial charge on any atom is -0.484 e. The van der Waals surface area contributed by atoms with Gasteiger partial charge in [0, 0.05) is 37.9 Å². The molecule has 0 aliphatic carbocycles. The average molecular weight is 439 g/mol. The van der Waals surface area contributed by atoms with E-state index in [4.69, 9.17) is 9.47 Å². The van der Waals surface area contributed by atoms with Crippen molar-refractivity contribution in [3.63, 3.8) is 0 Å². The molecule has 6 nitrogen and oxygen atoms in total. The normalized spacial score (nSPS) is 23.9. The number of aliphatic hydroxyl groups is 1. The van der Waals surface area contributed by atoms with E-state index in [1.165, 1.54) is 12.5 Å². The lowest BCUT2D eigenvalue weighted by molar-refractivity contribution is -0.120. The molecule has 2 aliphatic rings. The van der Waals surface area contributed by atoms with Crippen molar-refractivity contribution in [3.05, 3.63) is 65.2 Å². The first kappa shape index (κ1) is 22.8. The van der Waals surface area contributed by atoms with E-state index in [2.05, 4.69) is 35.8 Å². The van der Waals surface area contributed by atoms with E-state index in [9.17, 15) is 9.90 Å². The van der Waals surface area contributed by atoms with E-state index >= 15 is 0 Å². The highest BCUT2D eigenvalue weighted by atomic mass is 16.6. The predicted molar refractivity (Wildman–Crippen MR) is 124 cm³/mol. The van der Waals surface area contributed by atoms with Crippen LogP contribution in [0.25, 0.3) is 0 Å². The van der Waals surface area contributed by atoms with Crippen molar-refractivity contribution in [1.82, 2.24) is 10.6 Å². The molecular weight excluding hydrogens is 404 g/mol. The van der Waals surface area contributed by atoms with Crippen molar-refractivity contribution in [3.8, 4) is 5.75 Å². The summed E-state index contributed by atoms with van der Waals surface area (Å²) in [5.41, 5.74) is 3.16. The zero-order chi connectivity index (χ0) is 22.6. The van der Waals surface area contributed by atoms with Crippen LogP contribution in [0.4, 0.5) is 0 Å². The van der Waals surface area contributed by atoms with Gasteiger partial charge in [-0.25, -0.2) is 0 Å². The van der Waals surface area contributed by atoms with E-state index in [0.29, 0.717) is 26.2 Å². The topological polar surface area (TPSA) is 79.8 Å². The van der Waals surface area contributed by atoms with Crippen LogP contribution in [-0.2, 0) is 22.4 Å². The van der Waals surface area contributed by atoms with Gasteiger partial charge in [-0.3, -0.25) is 4.79 Å². The zero-order valence-electron chi connectivity index (χ0n) is 19.0. The number of rotatable bonds is 8. The molecule has 32 heavy (non-hydrogen) atoms. The van der Waals surface area contributed by atoms with E-state index in [-0.39, 0.29) is 23.6 Å². The first-order chi connectivity index (χ1) is 15.5. The lowest BCUT2D eigenvalue weighted by Crippen LogP contribution is -2.50. The Morgan fingerprint density at radius 3 is 2.72 bits per heavy atom. The highest BCUT2D eigenvalue weighted by Gasteiger charge is 2.44. The van der Waals surface area contributed by atoms with Gasteiger partial charge in [0.15, 0.2) is 0 Å². The fourth-order valence-electron chi connectivity index (χ4n) is 4.77. The number of fused-ring (bicyclic) bond motifs is 1. The third-order valence-electron chi connectivity index (χ3n) is 6.55. The average Bonchev–Trinajstić information content (AvgIpc) is 3.24. The molecular formula is C26H34N2O4. The van der Waals surface area contributed by atoms with Gasteiger partial charge in [-0.05, 0) is 30.0 Å². The summed E-state index contributed by atoms with van der Waals surface area (Å²) < 4.78 is 12.1. The van der Waals surface area contributed by atoms with Crippen LogP contribution < -0.4 is 15.4 Å². The number of hydrogen-bond acceptors (Lipinski definition) is 5. The number of benzene rings is 2. The molecule has 1 saturated heterocycles. The molecule has 172 valence electrons. The number of amides is 1. The number of carbonyl (C=O) groups is 1. The third-order valence-corrected chi connectivity index (χ3v) is 6.55. The van der Waals surface area contributed by atoms with Crippen LogP contribution in [0.2, 0.25) is 0 Å². The molecule has 4 rings (SSSR count). The van der Waals surface area contributed by atoms with Crippen LogP contribution in [0.1, 0.15) is 49.4 Å². The van der Waals surface area contributed by atoms with Crippen LogP contribution in [0.15, 0.2) is 48.5 Å². The maximum atomic E-state index is 11.8. The van der Waals surface area contributed by atoms with Gasteiger partial charge in [0.25, 0.3) is 0 Å². The molecule has 0 radical (unpaired) electrons. The standard InChI is InChI=1S/C26H34N2O4/c1-3-19-9-10-25-21(13-19)23(15-26(32-25)11-12-31-17-26)27-16-24(30)22(28-18(2)29)14-20-7-5-4-6-8-20/h4-10,13,22-24,27,30H,3,11-12,14-17H2,1-2H3,(H,28,29)/t22-,23-,24+,26+/m0/s1. The second kappa shape index (κ2) is 10.0. The predicted octanol–water partition coefficient (Wildman–Crippen LogP) is 2.93. The highest BCUT2D eigenvalue weighted by Crippen LogP contribution is 2.43. The number of aryl methyl sites for hydroxylation is 1. The van der Waals surface area contributed by atoms with Gasteiger partial charge in [-0.15, -0.1) is 0 Å². The maximum absolute atomic E-state index is 11.8. The Kier molecular flexibility index (Phi) is 7.13. The molecule has 2 heterocycles. The number of aliphatic hydroxyl groups excluding tert-OH is 1. The Bertz CT molecular complexity index is 911. The van der Waals surface area contributed by atoms with Gasteiger partial charge in [-0.1, -0.05) is 49.4 Å². The fraction of sp³-hybridized carbons (Fsp3) is 0.500. The van der Waals surface area contributed by atoms with E-state index in [1.54, 1.807) is 0 Å². The molecule has 0 saturated carbocycles. The number of nitrogens with one attached hydrogen (secondary N) is 2. The van der Waals surface area contributed by atoms with Crippen LogP contribution in [0, 0.1) is 0 Å². The van der Waals surface area contributed by atoms with Gasteiger partial charge in [-0.2, -0.15) is 0 Å². The molecule has 2 aromatic rings. The number of hydrogen-bond donors (Lipinski definition) is 3. The maximum Gasteiger partial charge on any atom is 0.217 e. The lowest BCUT2D eigenvalue weighted by Gasteiger charge is -2.40. The molecule has 4 atom stereocenters. The summed E-state index contributed by atoms with van der Waals surface area (Å²) in [6.45, 7) is 5.30. The van der Waals surface area contributed by atoms with Crippen LogP contribution in [0.3, 0.4) is 0 Å². The molecule has 2 aliphatic heterocycles. The van der Waals surface area contributed by atoms with Crippen LogP contribution in [0.5, 0.6) is 5.75 Å². The molecule has 0 bridgehead atoms. The SMILES string of the molecule is CCc1ccc2c(c1)[C@@H](NC[C@@H](O)[C@H](Cc1ccccc1)NC(C)=O)C[C@@]1(CCOC1)O2. The van der Waals surface area contributed by atoms with Crippen molar-refractivity contribution in [2.24, 2.45) is 0 Å². The first-order valence-electron chi connectivity index (χ1n) is 11.6. The summed E-state index contributed by atoms with van der Waals surface area (Å²) in [5.74, 6) is 0.754. The number of ether oxygens (including phenoxy) is 2. The molecule has 2 aromatic carbocycles. The highest BCUT2D eigenvalue weighted by molar-refractivity contribution is 5.73. The molecule has 1 spiro atoms. The Hall–Kier alpha value is -2.41. The Morgan fingerprint density at radius 1 is 1.22 bits per heavy atom.